The van der Waals surface area contributed by atoms with Gasteiger partial charge in [-0.2, -0.15) is 9.13 Å². The van der Waals surface area contributed by atoms with Crippen molar-refractivity contribution in [3.63, 3.8) is 0 Å². The number of hydrogen-bond donors (Lipinski definition) is 0. The SMILES string of the molecule is Cc1cc(-c2ccncc2)cc(C)c1-c1c(C)n2[n+](c1C)C13c4c(cccc4-2)Oc2ccc4c5ccccc5n(c4c21)-c1cccc[n+]13. The molecule has 11 rings (SSSR count). The number of para-hydroxylation sites is 1. The van der Waals surface area contributed by atoms with E-state index in [0.717, 1.165) is 23.0 Å². The van der Waals surface area contributed by atoms with Gasteiger partial charge < -0.3 is 4.74 Å². The highest BCUT2D eigenvalue weighted by Gasteiger charge is 2.70. The summed E-state index contributed by atoms with van der Waals surface area (Å²) in [5, 5.41) is 2.48. The lowest BCUT2D eigenvalue weighted by Gasteiger charge is -2.33. The summed E-state index contributed by atoms with van der Waals surface area (Å²) in [6, 6.07) is 35.1. The van der Waals surface area contributed by atoms with Gasteiger partial charge in [0.2, 0.25) is 5.69 Å². The molecule has 4 aromatic heterocycles. The van der Waals surface area contributed by atoms with E-state index in [-0.39, 0.29) is 0 Å². The number of pyridine rings is 2. The Morgan fingerprint density at radius 3 is 2.29 bits per heavy atom. The van der Waals surface area contributed by atoms with Gasteiger partial charge in [-0.25, -0.2) is 0 Å². The maximum absolute atomic E-state index is 6.87. The van der Waals surface area contributed by atoms with Crippen molar-refractivity contribution in [3.05, 3.63) is 149 Å². The van der Waals surface area contributed by atoms with Crippen LogP contribution in [0.1, 0.15) is 33.6 Å². The summed E-state index contributed by atoms with van der Waals surface area (Å²) in [5.41, 5.74) is 15.1. The van der Waals surface area contributed by atoms with Gasteiger partial charge in [-0.05, 0) is 103 Å². The number of aryl methyl sites for hydroxylation is 2. The monoisotopic (exact) mass is 621 g/mol. The molecule has 3 aliphatic rings. The largest absolute Gasteiger partial charge is 0.456 e. The number of nitrogens with zero attached hydrogens (tertiary/aromatic N) is 5. The van der Waals surface area contributed by atoms with E-state index in [1.165, 1.54) is 77.7 Å². The van der Waals surface area contributed by atoms with E-state index < -0.39 is 5.66 Å². The highest BCUT2D eigenvalue weighted by Crippen LogP contribution is 2.56. The van der Waals surface area contributed by atoms with E-state index in [0.29, 0.717) is 0 Å². The van der Waals surface area contributed by atoms with Crippen LogP contribution in [-0.2, 0) is 5.66 Å². The number of ether oxygens (including phenoxy) is 1. The Bertz CT molecular complexity index is 2730. The maximum atomic E-state index is 6.87. The third-order valence-corrected chi connectivity index (χ3v) is 11.0. The van der Waals surface area contributed by atoms with Crippen molar-refractivity contribution in [1.29, 1.82) is 0 Å². The van der Waals surface area contributed by atoms with E-state index in [2.05, 4.69) is 154 Å². The Labute approximate surface area is 277 Å². The van der Waals surface area contributed by atoms with Gasteiger partial charge in [0.15, 0.2) is 11.1 Å². The van der Waals surface area contributed by atoms with Crippen molar-refractivity contribution in [3.8, 4) is 45.3 Å². The molecule has 0 amide bonds. The first-order valence-electron chi connectivity index (χ1n) is 16.6. The van der Waals surface area contributed by atoms with Gasteiger partial charge in [0.25, 0.3) is 5.82 Å². The molecule has 228 valence electrons. The first-order chi connectivity index (χ1) is 23.5. The molecule has 0 radical (unpaired) electrons. The second-order valence-electron chi connectivity index (χ2n) is 13.4. The van der Waals surface area contributed by atoms with Crippen molar-refractivity contribution in [1.82, 2.24) is 14.2 Å². The van der Waals surface area contributed by atoms with E-state index in [9.17, 15) is 0 Å². The summed E-state index contributed by atoms with van der Waals surface area (Å²) in [6.07, 6.45) is 5.99. The number of aromatic nitrogens is 5. The second kappa shape index (κ2) is 8.66. The van der Waals surface area contributed by atoms with Gasteiger partial charge in [0.05, 0.1) is 17.5 Å². The van der Waals surface area contributed by atoms with Crippen molar-refractivity contribution in [2.45, 2.75) is 33.4 Å². The van der Waals surface area contributed by atoms with Crippen LogP contribution in [-0.4, -0.2) is 14.2 Å². The van der Waals surface area contributed by atoms with Gasteiger partial charge in [0, 0.05) is 36.2 Å². The fraction of sp³-hybridized carbons (Fsp3) is 0.119. The molecule has 1 spiro atoms. The Kier molecular flexibility index (Phi) is 4.71. The highest BCUT2D eigenvalue weighted by atomic mass is 16.5. The Balaban J connectivity index is 1.30. The molecular weight excluding hydrogens is 590 g/mol. The standard InChI is InChI=1S/C42H31N5O/c1-24-22-29(28-17-19-43-20-18-28)23-25(2)37(24)38-26(3)46-33-12-9-13-34-39(33)42(47(46)27(38)4)40-35(48-34)16-15-31-30-10-5-6-11-32(30)45(41(31)40)36-14-7-8-21-44(36)42/h5-23H,1-4H3/q+2. The maximum Gasteiger partial charge on any atom is 0.397 e. The number of benzene rings is 4. The molecule has 1 unspecified atom stereocenters. The molecule has 8 aromatic rings. The smallest absolute Gasteiger partial charge is 0.397 e. The Hall–Kier alpha value is -6.01. The van der Waals surface area contributed by atoms with Crippen molar-refractivity contribution >= 4 is 21.8 Å². The summed E-state index contributed by atoms with van der Waals surface area (Å²) in [5.74, 6) is 2.93. The fourth-order valence-electron chi connectivity index (χ4n) is 9.40. The van der Waals surface area contributed by atoms with Crippen LogP contribution in [0.3, 0.4) is 0 Å². The molecule has 7 heterocycles. The molecule has 48 heavy (non-hydrogen) atoms. The Morgan fingerprint density at radius 2 is 1.46 bits per heavy atom. The first-order valence-corrected chi connectivity index (χ1v) is 16.6. The van der Waals surface area contributed by atoms with Gasteiger partial charge in [-0.3, -0.25) is 4.98 Å². The zero-order chi connectivity index (χ0) is 32.1. The molecule has 0 aliphatic carbocycles. The second-order valence-corrected chi connectivity index (χ2v) is 13.4. The molecule has 6 nitrogen and oxygen atoms in total. The quantitative estimate of drug-likeness (QED) is 0.183. The van der Waals surface area contributed by atoms with Gasteiger partial charge in [-0.15, -0.1) is 4.68 Å². The lowest BCUT2D eigenvalue weighted by Crippen LogP contribution is -2.77. The lowest BCUT2D eigenvalue weighted by atomic mass is 9.83. The topological polar surface area (TPSA) is 39.7 Å². The summed E-state index contributed by atoms with van der Waals surface area (Å²) >= 11 is 0. The summed E-state index contributed by atoms with van der Waals surface area (Å²) in [4.78, 5) is 4.24. The third-order valence-electron chi connectivity index (χ3n) is 11.0. The van der Waals surface area contributed by atoms with Gasteiger partial charge in [-0.1, -0.05) is 41.1 Å². The van der Waals surface area contributed by atoms with Crippen LogP contribution >= 0.6 is 0 Å². The van der Waals surface area contributed by atoms with Crippen LogP contribution in [0.25, 0.3) is 55.6 Å². The zero-order valence-electron chi connectivity index (χ0n) is 27.1. The van der Waals surface area contributed by atoms with Gasteiger partial charge >= 0.3 is 5.66 Å². The van der Waals surface area contributed by atoms with E-state index in [1.54, 1.807) is 0 Å². The van der Waals surface area contributed by atoms with Crippen LogP contribution in [0.5, 0.6) is 11.5 Å². The molecule has 6 heteroatoms. The average molecular weight is 622 g/mol. The van der Waals surface area contributed by atoms with Crippen molar-refractivity contribution in [2.75, 3.05) is 0 Å². The Morgan fingerprint density at radius 1 is 0.688 bits per heavy atom. The normalized spacial score (nSPS) is 16.2. The van der Waals surface area contributed by atoms with E-state index in [4.69, 9.17) is 4.74 Å². The molecule has 0 bridgehead atoms. The predicted octanol–water partition coefficient (Wildman–Crippen LogP) is 8.14. The van der Waals surface area contributed by atoms with Crippen LogP contribution in [0.4, 0.5) is 0 Å². The molecule has 3 aliphatic heterocycles. The van der Waals surface area contributed by atoms with Crippen LogP contribution < -0.4 is 14.0 Å². The highest BCUT2D eigenvalue weighted by molar-refractivity contribution is 6.11. The predicted molar refractivity (Wildman–Crippen MR) is 186 cm³/mol. The first kappa shape index (κ1) is 26.1. The minimum atomic E-state index is -0.703. The van der Waals surface area contributed by atoms with Crippen LogP contribution in [0.2, 0.25) is 0 Å². The lowest BCUT2D eigenvalue weighted by molar-refractivity contribution is -0.995. The molecule has 0 fully saturated rings. The number of hydrogen-bond acceptors (Lipinski definition) is 2. The molecule has 0 N–H and O–H groups in total. The summed E-state index contributed by atoms with van der Waals surface area (Å²) in [7, 11) is 0. The van der Waals surface area contributed by atoms with Gasteiger partial charge in [0.1, 0.15) is 28.3 Å². The average Bonchev–Trinajstić information content (AvgIpc) is 3.71. The molecule has 0 saturated heterocycles. The molecule has 4 aromatic carbocycles. The molecular formula is C42H31N5O+2. The summed E-state index contributed by atoms with van der Waals surface area (Å²) < 4.78 is 16.8. The number of rotatable bonds is 2. The minimum Gasteiger partial charge on any atom is -0.456 e. The van der Waals surface area contributed by atoms with E-state index >= 15 is 0 Å². The van der Waals surface area contributed by atoms with Crippen LogP contribution in [0.15, 0.2) is 116 Å². The van der Waals surface area contributed by atoms with Crippen molar-refractivity contribution in [2.24, 2.45) is 0 Å². The number of fused-ring (bicyclic) bond motifs is 7. The minimum absolute atomic E-state index is 0.703. The van der Waals surface area contributed by atoms with E-state index in [1.807, 2.05) is 12.4 Å². The molecule has 1 atom stereocenters. The zero-order valence-corrected chi connectivity index (χ0v) is 27.1. The third kappa shape index (κ3) is 2.81. The fourth-order valence-corrected chi connectivity index (χ4v) is 9.40. The van der Waals surface area contributed by atoms with Crippen molar-refractivity contribution < 1.29 is 14.0 Å². The molecule has 0 saturated carbocycles. The van der Waals surface area contributed by atoms with Crippen LogP contribution in [0, 0.1) is 27.7 Å². The summed E-state index contributed by atoms with van der Waals surface area (Å²) in [6.45, 7) is 9.08.